The van der Waals surface area contributed by atoms with Crippen LogP contribution in [0.15, 0.2) is 233 Å². The third-order valence-electron chi connectivity index (χ3n) is 12.1. The number of furan rings is 2. The molecule has 0 spiro atoms. The molecule has 0 bridgehead atoms. The lowest BCUT2D eigenvalue weighted by atomic mass is 9.96. The van der Waals surface area contributed by atoms with Crippen LogP contribution in [0.4, 0.5) is 17.1 Å². The molecule has 3 nitrogen and oxygen atoms in total. The Morgan fingerprint density at radius 1 is 0.262 bits per heavy atom. The topological polar surface area (TPSA) is 29.5 Å². The van der Waals surface area contributed by atoms with Gasteiger partial charge in [-0.3, -0.25) is 0 Å². The monoisotopic (exact) mass is 779 g/mol. The summed E-state index contributed by atoms with van der Waals surface area (Å²) < 4.78 is 12.6. The van der Waals surface area contributed by atoms with E-state index in [0.717, 1.165) is 88.8 Å². The van der Waals surface area contributed by atoms with Gasteiger partial charge in [0.25, 0.3) is 0 Å². The number of rotatable bonds is 7. The van der Waals surface area contributed by atoms with Crippen molar-refractivity contribution in [2.45, 2.75) is 0 Å². The number of para-hydroxylation sites is 3. The van der Waals surface area contributed by atoms with E-state index < -0.39 is 0 Å². The maximum absolute atomic E-state index is 6.43. The van der Waals surface area contributed by atoms with Gasteiger partial charge in [0.2, 0.25) is 0 Å². The van der Waals surface area contributed by atoms with Crippen LogP contribution in [0.2, 0.25) is 0 Å². The fourth-order valence-electron chi connectivity index (χ4n) is 9.06. The van der Waals surface area contributed by atoms with E-state index in [-0.39, 0.29) is 0 Å². The van der Waals surface area contributed by atoms with Gasteiger partial charge in [-0.2, -0.15) is 0 Å². The number of benzene rings is 10. The predicted octanol–water partition coefficient (Wildman–Crippen LogP) is 16.8. The first-order chi connectivity index (χ1) is 30.2. The summed E-state index contributed by atoms with van der Waals surface area (Å²) in [6, 6.07) is 80.0. The molecule has 0 saturated heterocycles. The van der Waals surface area contributed by atoms with Gasteiger partial charge < -0.3 is 13.7 Å². The zero-order valence-corrected chi connectivity index (χ0v) is 33.1. The highest BCUT2D eigenvalue weighted by Gasteiger charge is 2.17. The van der Waals surface area contributed by atoms with Crippen molar-refractivity contribution in [2.24, 2.45) is 0 Å². The molecule has 10 aromatic carbocycles. The molecule has 0 aliphatic rings. The van der Waals surface area contributed by atoms with Crippen LogP contribution in [0.5, 0.6) is 0 Å². The van der Waals surface area contributed by atoms with E-state index in [1.165, 1.54) is 27.5 Å². The van der Waals surface area contributed by atoms with Gasteiger partial charge >= 0.3 is 0 Å². The van der Waals surface area contributed by atoms with E-state index in [4.69, 9.17) is 8.83 Å². The average Bonchev–Trinajstić information content (AvgIpc) is 3.91. The highest BCUT2D eigenvalue weighted by molar-refractivity contribution is 6.10. The third-order valence-corrected chi connectivity index (χ3v) is 12.1. The molecule has 0 unspecified atom stereocenters. The van der Waals surface area contributed by atoms with Gasteiger partial charge in [0.05, 0.1) is 0 Å². The van der Waals surface area contributed by atoms with Gasteiger partial charge in [-0.25, -0.2) is 0 Å². The van der Waals surface area contributed by atoms with Crippen LogP contribution < -0.4 is 4.90 Å². The molecule has 286 valence electrons. The summed E-state index contributed by atoms with van der Waals surface area (Å²) in [4.78, 5) is 2.34. The zero-order valence-electron chi connectivity index (χ0n) is 33.1. The molecule has 2 heterocycles. The lowest BCUT2D eigenvalue weighted by Crippen LogP contribution is -2.10. The Kier molecular flexibility index (Phi) is 8.17. The van der Waals surface area contributed by atoms with E-state index in [9.17, 15) is 0 Å². The molecular weight excluding hydrogens is 743 g/mol. The molecule has 61 heavy (non-hydrogen) atoms. The average molecular weight is 780 g/mol. The van der Waals surface area contributed by atoms with E-state index in [2.05, 4.69) is 205 Å². The second-order valence-electron chi connectivity index (χ2n) is 15.7. The standard InChI is InChI=1S/C58H37NO2/c1-2-14-48-40(10-1)11-8-17-49(48)41-24-22-38(23-25-41)39-26-31-45(32-27-39)59(46-33-28-42(29-34-46)50-18-9-19-53-51-15-3-6-21-56(51)61-58(50)53)47-13-7-12-43(36-47)44-30-35-57-54(37-44)52-16-4-5-20-55(52)60-57/h1-37H. The summed E-state index contributed by atoms with van der Waals surface area (Å²) in [6.45, 7) is 0. The first kappa shape index (κ1) is 34.9. The molecule has 0 amide bonds. The predicted molar refractivity (Wildman–Crippen MR) is 255 cm³/mol. The number of anilines is 3. The van der Waals surface area contributed by atoms with E-state index in [1.54, 1.807) is 0 Å². The molecule has 0 saturated carbocycles. The molecular formula is C58H37NO2. The summed E-state index contributed by atoms with van der Waals surface area (Å²) in [5.41, 5.74) is 16.0. The lowest BCUT2D eigenvalue weighted by molar-refractivity contribution is 0.669. The molecule has 0 aliphatic heterocycles. The quantitative estimate of drug-likeness (QED) is 0.161. The lowest BCUT2D eigenvalue weighted by Gasteiger charge is -2.26. The van der Waals surface area contributed by atoms with E-state index >= 15 is 0 Å². The molecule has 0 N–H and O–H groups in total. The van der Waals surface area contributed by atoms with E-state index in [0.29, 0.717) is 0 Å². The van der Waals surface area contributed by atoms with Crippen LogP contribution >= 0.6 is 0 Å². The molecule has 3 heteroatoms. The van der Waals surface area contributed by atoms with Gasteiger partial charge in [0.15, 0.2) is 0 Å². The van der Waals surface area contributed by atoms with Crippen molar-refractivity contribution in [2.75, 3.05) is 4.90 Å². The summed E-state index contributed by atoms with van der Waals surface area (Å²) in [5.74, 6) is 0. The smallest absolute Gasteiger partial charge is 0.143 e. The second-order valence-corrected chi connectivity index (χ2v) is 15.7. The minimum absolute atomic E-state index is 0.893. The fraction of sp³-hybridized carbons (Fsp3) is 0. The van der Waals surface area contributed by atoms with Gasteiger partial charge in [0, 0.05) is 44.2 Å². The van der Waals surface area contributed by atoms with Crippen molar-refractivity contribution in [1.29, 1.82) is 0 Å². The van der Waals surface area contributed by atoms with Crippen molar-refractivity contribution >= 4 is 71.7 Å². The summed E-state index contributed by atoms with van der Waals surface area (Å²) in [5, 5.41) is 7.01. The van der Waals surface area contributed by atoms with Crippen LogP contribution in [-0.2, 0) is 0 Å². The Balaban J connectivity index is 0.928. The second kappa shape index (κ2) is 14.3. The van der Waals surface area contributed by atoms with Crippen molar-refractivity contribution in [3.8, 4) is 44.5 Å². The fourth-order valence-corrected chi connectivity index (χ4v) is 9.06. The summed E-state index contributed by atoms with van der Waals surface area (Å²) in [7, 11) is 0. The Morgan fingerprint density at radius 3 is 1.52 bits per heavy atom. The molecule has 12 aromatic rings. The Hall–Kier alpha value is -8.14. The maximum atomic E-state index is 6.43. The highest BCUT2D eigenvalue weighted by Crippen LogP contribution is 2.41. The van der Waals surface area contributed by atoms with Crippen molar-refractivity contribution in [3.05, 3.63) is 224 Å². The first-order valence-electron chi connectivity index (χ1n) is 20.7. The SMILES string of the molecule is c1cc(-c2ccc3oc4ccccc4c3c2)cc(N(c2ccc(-c3ccc(-c4cccc5ccccc45)cc3)cc2)c2ccc(-c3cccc4c3oc3ccccc34)cc2)c1. The summed E-state index contributed by atoms with van der Waals surface area (Å²) in [6.07, 6.45) is 0. The van der Waals surface area contributed by atoms with Crippen LogP contribution in [0, 0.1) is 0 Å². The Bertz CT molecular complexity index is 3570. The minimum Gasteiger partial charge on any atom is -0.456 e. The van der Waals surface area contributed by atoms with E-state index in [1.807, 2.05) is 24.3 Å². The van der Waals surface area contributed by atoms with Gasteiger partial charge in [-0.1, -0.05) is 164 Å². The normalized spacial score (nSPS) is 11.6. The van der Waals surface area contributed by atoms with Crippen LogP contribution in [0.25, 0.3) is 99.2 Å². The first-order valence-corrected chi connectivity index (χ1v) is 20.7. The third kappa shape index (κ3) is 6.06. The largest absolute Gasteiger partial charge is 0.456 e. The zero-order chi connectivity index (χ0) is 40.3. The van der Waals surface area contributed by atoms with Gasteiger partial charge in [0.1, 0.15) is 22.3 Å². The van der Waals surface area contributed by atoms with Crippen LogP contribution in [0.1, 0.15) is 0 Å². The number of fused-ring (bicyclic) bond motifs is 7. The van der Waals surface area contributed by atoms with Gasteiger partial charge in [-0.05, 0) is 110 Å². The molecule has 0 atom stereocenters. The summed E-state index contributed by atoms with van der Waals surface area (Å²) >= 11 is 0. The highest BCUT2D eigenvalue weighted by atomic mass is 16.3. The van der Waals surface area contributed by atoms with Crippen molar-refractivity contribution in [3.63, 3.8) is 0 Å². The minimum atomic E-state index is 0.893. The molecule has 0 aliphatic carbocycles. The number of hydrogen-bond donors (Lipinski definition) is 0. The molecule has 12 rings (SSSR count). The van der Waals surface area contributed by atoms with Crippen molar-refractivity contribution < 1.29 is 8.83 Å². The molecule has 2 aromatic heterocycles. The van der Waals surface area contributed by atoms with Gasteiger partial charge in [-0.15, -0.1) is 0 Å². The molecule has 0 radical (unpaired) electrons. The van der Waals surface area contributed by atoms with Crippen LogP contribution in [0.3, 0.4) is 0 Å². The van der Waals surface area contributed by atoms with Crippen molar-refractivity contribution in [1.82, 2.24) is 0 Å². The molecule has 0 fully saturated rings. The number of hydrogen-bond acceptors (Lipinski definition) is 3. The Labute approximate surface area is 353 Å². The Morgan fingerprint density at radius 2 is 0.754 bits per heavy atom. The maximum Gasteiger partial charge on any atom is 0.143 e. The number of nitrogens with zero attached hydrogens (tertiary/aromatic N) is 1. The van der Waals surface area contributed by atoms with Crippen LogP contribution in [-0.4, -0.2) is 0 Å².